The van der Waals surface area contributed by atoms with Gasteiger partial charge >= 0.3 is 5.97 Å². The summed E-state index contributed by atoms with van der Waals surface area (Å²) in [5, 5.41) is 8.98. The molecule has 1 unspecified atom stereocenters. The quantitative estimate of drug-likeness (QED) is 0.816. The van der Waals surface area contributed by atoms with Gasteiger partial charge in [-0.3, -0.25) is 4.79 Å². The number of carboxylic acids is 1. The van der Waals surface area contributed by atoms with Gasteiger partial charge in [0.1, 0.15) is 11.6 Å². The molecule has 1 N–H and O–H groups in total. The van der Waals surface area contributed by atoms with Crippen LogP contribution in [-0.2, 0) is 4.79 Å². The number of halogens is 1. The Labute approximate surface area is 103 Å². The molecule has 0 aliphatic heterocycles. The van der Waals surface area contributed by atoms with Gasteiger partial charge in [0, 0.05) is 12.0 Å². The van der Waals surface area contributed by atoms with E-state index in [1.165, 1.54) is 19.1 Å². The summed E-state index contributed by atoms with van der Waals surface area (Å²) in [5.41, 5.74) is -0.0272. The Morgan fingerprint density at radius 1 is 1.44 bits per heavy atom. The fourth-order valence-corrected chi connectivity index (χ4v) is 1.75. The normalized spacial score (nSPS) is 16.1. The molecule has 1 atom stereocenters. The summed E-state index contributed by atoms with van der Waals surface area (Å²) in [6.45, 7) is 1.27. The number of benzene rings is 1. The summed E-state index contributed by atoms with van der Waals surface area (Å²) >= 11 is 0. The number of hydrogen-bond acceptors (Lipinski definition) is 3. The molecule has 1 aliphatic carbocycles. The van der Waals surface area contributed by atoms with Gasteiger partial charge in [0.2, 0.25) is 0 Å². The predicted octanol–water partition coefficient (Wildman–Crippen LogP) is 2.27. The predicted molar refractivity (Wildman–Crippen MR) is 61.2 cm³/mol. The third-order valence-electron chi connectivity index (χ3n) is 2.88. The van der Waals surface area contributed by atoms with E-state index in [0.29, 0.717) is 0 Å². The van der Waals surface area contributed by atoms with Crippen molar-refractivity contribution < 1.29 is 23.8 Å². The average molecular weight is 252 g/mol. The number of rotatable bonds is 5. The Bertz CT molecular complexity index is 494. The first-order chi connectivity index (χ1) is 8.49. The molecule has 1 fully saturated rings. The molecule has 0 aromatic heterocycles. The van der Waals surface area contributed by atoms with Crippen molar-refractivity contribution in [2.24, 2.45) is 5.92 Å². The van der Waals surface area contributed by atoms with E-state index in [0.717, 1.165) is 18.9 Å². The number of carboxylic acid groups (broad SMARTS) is 1. The van der Waals surface area contributed by atoms with Crippen LogP contribution in [-0.4, -0.2) is 23.0 Å². The van der Waals surface area contributed by atoms with E-state index in [4.69, 9.17) is 9.84 Å². The van der Waals surface area contributed by atoms with Crippen molar-refractivity contribution in [3.05, 3.63) is 29.6 Å². The van der Waals surface area contributed by atoms with Crippen molar-refractivity contribution in [3.8, 4) is 5.75 Å². The fourth-order valence-electron chi connectivity index (χ4n) is 1.75. The van der Waals surface area contributed by atoms with E-state index in [1.54, 1.807) is 0 Å². The number of ether oxygens (including phenoxy) is 1. The van der Waals surface area contributed by atoms with Crippen LogP contribution in [0.2, 0.25) is 0 Å². The molecule has 0 amide bonds. The molecule has 0 bridgehead atoms. The molecule has 1 aromatic rings. The average Bonchev–Trinajstić information content (AvgIpc) is 3.08. The van der Waals surface area contributed by atoms with Crippen molar-refractivity contribution in [1.29, 1.82) is 0 Å². The van der Waals surface area contributed by atoms with E-state index in [-0.39, 0.29) is 23.0 Å². The molecule has 0 radical (unpaired) electrons. The lowest BCUT2D eigenvalue weighted by Gasteiger charge is -2.14. The molecule has 0 saturated heterocycles. The maximum Gasteiger partial charge on any atom is 0.345 e. The van der Waals surface area contributed by atoms with Crippen molar-refractivity contribution >= 4 is 11.8 Å². The number of carbonyl (C=O) groups is 2. The van der Waals surface area contributed by atoms with Crippen molar-refractivity contribution in [2.75, 3.05) is 0 Å². The zero-order valence-electron chi connectivity index (χ0n) is 9.85. The Morgan fingerprint density at radius 2 is 2.11 bits per heavy atom. The van der Waals surface area contributed by atoms with Gasteiger partial charge in [-0.2, -0.15) is 0 Å². The summed E-state index contributed by atoms with van der Waals surface area (Å²) in [4.78, 5) is 22.0. The van der Waals surface area contributed by atoms with Crippen LogP contribution in [0.15, 0.2) is 18.2 Å². The van der Waals surface area contributed by atoms with Gasteiger partial charge in [0.15, 0.2) is 11.9 Å². The highest BCUT2D eigenvalue weighted by atomic mass is 19.1. The third-order valence-corrected chi connectivity index (χ3v) is 2.88. The van der Waals surface area contributed by atoms with E-state index in [1.807, 2.05) is 0 Å². The third kappa shape index (κ3) is 2.67. The molecule has 18 heavy (non-hydrogen) atoms. The van der Waals surface area contributed by atoms with Crippen LogP contribution in [0.5, 0.6) is 5.75 Å². The minimum absolute atomic E-state index is 0.00181. The second kappa shape index (κ2) is 4.76. The lowest BCUT2D eigenvalue weighted by Crippen LogP contribution is -2.29. The van der Waals surface area contributed by atoms with Crippen molar-refractivity contribution in [1.82, 2.24) is 0 Å². The Morgan fingerprint density at radius 3 is 2.56 bits per heavy atom. The smallest absolute Gasteiger partial charge is 0.345 e. The molecule has 1 saturated carbocycles. The van der Waals surface area contributed by atoms with Crippen molar-refractivity contribution in [3.63, 3.8) is 0 Å². The highest BCUT2D eigenvalue weighted by molar-refractivity contribution is 5.94. The highest BCUT2D eigenvalue weighted by Crippen LogP contribution is 2.35. The lowest BCUT2D eigenvalue weighted by atomic mass is 10.1. The zero-order chi connectivity index (χ0) is 13.3. The summed E-state index contributed by atoms with van der Waals surface area (Å²) < 4.78 is 18.8. The van der Waals surface area contributed by atoms with Gasteiger partial charge in [0.05, 0.1) is 5.56 Å². The number of hydrogen-bond donors (Lipinski definition) is 1. The first-order valence-corrected chi connectivity index (χ1v) is 5.69. The van der Waals surface area contributed by atoms with Gasteiger partial charge in [0.25, 0.3) is 0 Å². The van der Waals surface area contributed by atoms with E-state index < -0.39 is 17.9 Å². The molecule has 2 rings (SSSR count). The molecular weight excluding hydrogens is 239 g/mol. The van der Waals surface area contributed by atoms with Gasteiger partial charge in [-0.25, -0.2) is 9.18 Å². The molecule has 0 spiro atoms. The minimum atomic E-state index is -1.05. The Hall–Kier alpha value is -1.91. The van der Waals surface area contributed by atoms with Crippen LogP contribution in [0.4, 0.5) is 4.39 Å². The van der Waals surface area contributed by atoms with Crippen LogP contribution in [0, 0.1) is 11.7 Å². The summed E-state index contributed by atoms with van der Waals surface area (Å²) in [6, 6.07) is 3.77. The summed E-state index contributed by atoms with van der Waals surface area (Å²) in [7, 11) is 0. The second-order valence-corrected chi connectivity index (χ2v) is 4.41. The Balaban J connectivity index is 2.16. The van der Waals surface area contributed by atoms with Gasteiger partial charge < -0.3 is 9.84 Å². The van der Waals surface area contributed by atoms with Crippen LogP contribution in [0.1, 0.15) is 30.1 Å². The monoisotopic (exact) mass is 252 g/mol. The largest absolute Gasteiger partial charge is 0.478 e. The van der Waals surface area contributed by atoms with Gasteiger partial charge in [-0.05, 0) is 31.9 Å². The van der Waals surface area contributed by atoms with Gasteiger partial charge in [-0.1, -0.05) is 0 Å². The fraction of sp³-hybridized carbons (Fsp3) is 0.385. The molecule has 0 heterocycles. The van der Waals surface area contributed by atoms with Crippen LogP contribution in [0.25, 0.3) is 0 Å². The molecule has 96 valence electrons. The lowest BCUT2D eigenvalue weighted by molar-refractivity contribution is -0.146. The zero-order valence-corrected chi connectivity index (χ0v) is 9.85. The van der Waals surface area contributed by atoms with E-state index in [9.17, 15) is 14.0 Å². The highest BCUT2D eigenvalue weighted by Gasteiger charge is 2.38. The molecule has 1 aromatic carbocycles. The Kier molecular flexibility index (Phi) is 3.32. The molecule has 5 heteroatoms. The number of ketones is 1. The van der Waals surface area contributed by atoms with Gasteiger partial charge in [-0.15, -0.1) is 0 Å². The molecular formula is C13H13FO4. The number of Topliss-reactive ketones (excluding diaryl/α,β-unsaturated/α-hetero) is 1. The first kappa shape index (κ1) is 12.5. The summed E-state index contributed by atoms with van der Waals surface area (Å²) in [6.07, 6.45) is 0.684. The molecule has 4 nitrogen and oxygen atoms in total. The summed E-state index contributed by atoms with van der Waals surface area (Å²) in [5.74, 6) is -1.99. The maximum atomic E-state index is 13.5. The molecule has 1 aliphatic rings. The maximum absolute atomic E-state index is 13.5. The number of carbonyl (C=O) groups excluding carboxylic acids is 1. The van der Waals surface area contributed by atoms with E-state index >= 15 is 0 Å². The van der Waals surface area contributed by atoms with Crippen molar-refractivity contribution in [2.45, 2.75) is 25.9 Å². The first-order valence-electron chi connectivity index (χ1n) is 5.69. The topological polar surface area (TPSA) is 63.6 Å². The van der Waals surface area contributed by atoms with Crippen LogP contribution < -0.4 is 4.74 Å². The standard InChI is InChI=1S/C13H13FO4/c1-7(15)10-5-4-9(6-11(10)14)18-12(13(16)17)8-2-3-8/h4-6,8,12H,2-3H2,1H3,(H,16,17). The minimum Gasteiger partial charge on any atom is -0.478 e. The second-order valence-electron chi connectivity index (χ2n) is 4.41. The SMILES string of the molecule is CC(=O)c1ccc(OC(C(=O)O)C2CC2)cc1F. The van der Waals surface area contributed by atoms with E-state index in [2.05, 4.69) is 0 Å². The van der Waals surface area contributed by atoms with Crippen LogP contribution in [0.3, 0.4) is 0 Å². The number of aliphatic carboxylic acids is 1. The van der Waals surface area contributed by atoms with Crippen LogP contribution >= 0.6 is 0 Å².